The molecule has 9 heteroatoms. The van der Waals surface area contributed by atoms with Crippen molar-refractivity contribution in [1.29, 1.82) is 0 Å². The first-order valence-corrected chi connectivity index (χ1v) is 15.1. The van der Waals surface area contributed by atoms with Crippen LogP contribution in [-0.4, -0.2) is 54.3 Å². The quantitative estimate of drug-likeness (QED) is 0.193. The van der Waals surface area contributed by atoms with Gasteiger partial charge in [0.05, 0.1) is 24.0 Å². The Morgan fingerprint density at radius 1 is 0.727 bits per heavy atom. The third kappa shape index (κ3) is 5.38. The number of anilines is 1. The van der Waals surface area contributed by atoms with Crippen LogP contribution in [0, 0.1) is 11.8 Å². The van der Waals surface area contributed by atoms with Gasteiger partial charge in [-0.1, -0.05) is 55.0 Å². The molecule has 3 amide bonds. The van der Waals surface area contributed by atoms with Crippen molar-refractivity contribution in [1.82, 2.24) is 4.90 Å². The number of hydrogen-bond acceptors (Lipinski definition) is 7. The third-order valence-corrected chi connectivity index (χ3v) is 8.85. The number of carbonyl (C=O) groups is 5. The first kappa shape index (κ1) is 29.3. The molecular weight excluding hydrogens is 560 g/mol. The molecule has 4 aliphatic rings. The van der Waals surface area contributed by atoms with E-state index in [1.165, 1.54) is 4.90 Å². The zero-order valence-electron chi connectivity index (χ0n) is 24.5. The van der Waals surface area contributed by atoms with Crippen molar-refractivity contribution in [2.24, 2.45) is 11.8 Å². The maximum absolute atomic E-state index is 13.7. The first-order chi connectivity index (χ1) is 21.4. The highest BCUT2D eigenvalue weighted by atomic mass is 16.5. The van der Waals surface area contributed by atoms with Crippen molar-refractivity contribution in [2.75, 3.05) is 25.1 Å². The summed E-state index contributed by atoms with van der Waals surface area (Å²) in [6, 6.07) is 22.6. The summed E-state index contributed by atoms with van der Waals surface area (Å²) in [5, 5.41) is 2.62. The molecule has 1 aliphatic heterocycles. The van der Waals surface area contributed by atoms with Crippen LogP contribution in [-0.2, 0) is 28.7 Å². The second-order valence-electron chi connectivity index (χ2n) is 11.4. The molecule has 226 valence electrons. The molecule has 0 aromatic heterocycles. The summed E-state index contributed by atoms with van der Waals surface area (Å²) in [4.78, 5) is 64.9. The molecule has 44 heavy (non-hydrogen) atoms. The van der Waals surface area contributed by atoms with Gasteiger partial charge in [0.15, 0.2) is 6.61 Å². The van der Waals surface area contributed by atoms with Crippen LogP contribution >= 0.6 is 0 Å². The van der Waals surface area contributed by atoms with E-state index in [2.05, 4.69) is 29.6 Å². The van der Waals surface area contributed by atoms with Gasteiger partial charge >= 0.3 is 11.9 Å². The number of nitrogens with zero attached hydrogens (tertiary/aromatic N) is 1. The number of carbonyl (C=O) groups excluding carboxylic acids is 5. The van der Waals surface area contributed by atoms with E-state index in [0.717, 1.165) is 22.3 Å². The largest absolute Gasteiger partial charge is 0.462 e. The van der Waals surface area contributed by atoms with Crippen LogP contribution in [0.15, 0.2) is 72.8 Å². The minimum atomic E-state index is -0.496. The Labute approximate surface area is 255 Å². The summed E-state index contributed by atoms with van der Waals surface area (Å²) >= 11 is 0. The Bertz CT molecular complexity index is 1500. The van der Waals surface area contributed by atoms with Crippen LogP contribution in [0.5, 0.6) is 0 Å². The van der Waals surface area contributed by atoms with Gasteiger partial charge < -0.3 is 14.8 Å². The van der Waals surface area contributed by atoms with E-state index in [-0.39, 0.29) is 48.5 Å². The maximum atomic E-state index is 13.7. The van der Waals surface area contributed by atoms with Crippen molar-refractivity contribution < 1.29 is 33.4 Å². The van der Waals surface area contributed by atoms with Gasteiger partial charge in [0, 0.05) is 30.5 Å². The molecule has 0 unspecified atom stereocenters. The molecule has 1 saturated heterocycles. The lowest BCUT2D eigenvalue weighted by atomic mass is 9.55. The van der Waals surface area contributed by atoms with Crippen LogP contribution in [0.3, 0.4) is 0 Å². The molecule has 3 aliphatic carbocycles. The summed E-state index contributed by atoms with van der Waals surface area (Å²) in [6.45, 7) is 1.89. The van der Waals surface area contributed by atoms with E-state index >= 15 is 0 Å². The van der Waals surface area contributed by atoms with Gasteiger partial charge in [-0.15, -0.1) is 0 Å². The van der Waals surface area contributed by atoms with Crippen LogP contribution < -0.4 is 5.32 Å². The number of unbranched alkanes of at least 4 members (excludes halogenated alkanes) is 2. The van der Waals surface area contributed by atoms with E-state index in [1.54, 1.807) is 31.2 Å². The highest BCUT2D eigenvalue weighted by molar-refractivity contribution is 6.07. The molecule has 3 aromatic rings. The molecule has 9 nitrogen and oxygen atoms in total. The Kier molecular flexibility index (Phi) is 8.28. The summed E-state index contributed by atoms with van der Waals surface area (Å²) in [5.41, 5.74) is 5.44. The molecule has 2 bridgehead atoms. The molecule has 1 heterocycles. The SMILES string of the molecule is CCOC(=O)c1ccc(NC(=O)COC(=O)CCCCCN2C(=O)[C@@H]3C4c5ccccc5C(c5ccccc54)[C@@H]3C2=O)cc1. The molecule has 3 aromatic carbocycles. The fraction of sp³-hybridized carbons (Fsp3) is 0.343. The van der Waals surface area contributed by atoms with E-state index < -0.39 is 24.5 Å². The highest BCUT2D eigenvalue weighted by Gasteiger charge is 2.61. The third-order valence-electron chi connectivity index (χ3n) is 8.85. The Hall–Kier alpha value is -4.79. The van der Waals surface area contributed by atoms with Gasteiger partial charge in [0.25, 0.3) is 5.91 Å². The second-order valence-corrected chi connectivity index (χ2v) is 11.4. The molecule has 0 radical (unpaired) electrons. The average molecular weight is 595 g/mol. The lowest BCUT2D eigenvalue weighted by Gasteiger charge is -2.45. The number of ether oxygens (including phenoxy) is 2. The minimum Gasteiger partial charge on any atom is -0.462 e. The number of nitrogens with one attached hydrogen (secondary N) is 1. The van der Waals surface area contributed by atoms with E-state index in [9.17, 15) is 24.0 Å². The lowest BCUT2D eigenvalue weighted by molar-refractivity contribution is -0.147. The van der Waals surface area contributed by atoms with Gasteiger partial charge in [0.1, 0.15) is 0 Å². The number of amides is 3. The predicted octanol–water partition coefficient (Wildman–Crippen LogP) is 4.80. The standard InChI is InChI=1S/C35H34N2O7/c1-2-43-35(42)21-15-17-22(18-16-21)36-27(38)20-44-28(39)14-4-3-9-19-37-33(40)31-29-23-10-5-6-11-24(23)30(32(31)34(37)41)26-13-8-7-12-25(26)29/h5-8,10-13,15-18,29-32H,2-4,9,14,19-20H2,1H3,(H,36,38)/t29?,30?,31-,32+. The maximum Gasteiger partial charge on any atom is 0.338 e. The molecular formula is C35H34N2O7. The Balaban J connectivity index is 0.956. The highest BCUT2D eigenvalue weighted by Crippen LogP contribution is 2.60. The van der Waals surface area contributed by atoms with Gasteiger partial charge in [-0.2, -0.15) is 0 Å². The smallest absolute Gasteiger partial charge is 0.338 e. The van der Waals surface area contributed by atoms with Crippen LogP contribution in [0.2, 0.25) is 0 Å². The fourth-order valence-electron chi connectivity index (χ4n) is 6.99. The van der Waals surface area contributed by atoms with Crippen molar-refractivity contribution in [2.45, 2.75) is 44.4 Å². The van der Waals surface area contributed by atoms with Crippen molar-refractivity contribution in [3.05, 3.63) is 101 Å². The number of imide groups is 1. The molecule has 0 saturated carbocycles. The van der Waals surface area contributed by atoms with Crippen LogP contribution in [0.4, 0.5) is 5.69 Å². The fourth-order valence-corrected chi connectivity index (χ4v) is 6.99. The normalized spacial score (nSPS) is 20.9. The van der Waals surface area contributed by atoms with E-state index in [0.29, 0.717) is 37.1 Å². The predicted molar refractivity (Wildman–Crippen MR) is 161 cm³/mol. The second kappa shape index (κ2) is 12.4. The molecule has 7 rings (SSSR count). The van der Waals surface area contributed by atoms with Gasteiger partial charge in [-0.3, -0.25) is 24.1 Å². The Morgan fingerprint density at radius 2 is 1.27 bits per heavy atom. The van der Waals surface area contributed by atoms with Crippen molar-refractivity contribution in [3.8, 4) is 0 Å². The molecule has 1 fully saturated rings. The van der Waals surface area contributed by atoms with Gasteiger partial charge in [-0.25, -0.2) is 4.79 Å². The monoisotopic (exact) mass is 594 g/mol. The van der Waals surface area contributed by atoms with Crippen LogP contribution in [0.1, 0.15) is 77.1 Å². The average Bonchev–Trinajstić information content (AvgIpc) is 3.29. The molecule has 2 atom stereocenters. The topological polar surface area (TPSA) is 119 Å². The van der Waals surface area contributed by atoms with E-state index in [4.69, 9.17) is 9.47 Å². The summed E-state index contributed by atoms with van der Waals surface area (Å²) < 4.78 is 10.0. The van der Waals surface area contributed by atoms with E-state index in [1.807, 2.05) is 24.3 Å². The number of hydrogen-bond donors (Lipinski definition) is 1. The van der Waals surface area contributed by atoms with Gasteiger partial charge in [-0.05, 0) is 66.3 Å². The summed E-state index contributed by atoms with van der Waals surface area (Å²) in [5.74, 6) is -2.62. The number of benzene rings is 3. The van der Waals surface area contributed by atoms with Crippen molar-refractivity contribution >= 4 is 35.3 Å². The molecule has 1 N–H and O–H groups in total. The van der Waals surface area contributed by atoms with Crippen LogP contribution in [0.25, 0.3) is 0 Å². The zero-order chi connectivity index (χ0) is 30.8. The number of likely N-dealkylation sites (tertiary alicyclic amines) is 1. The summed E-state index contributed by atoms with van der Waals surface area (Å²) in [7, 11) is 0. The van der Waals surface area contributed by atoms with Crippen molar-refractivity contribution in [3.63, 3.8) is 0 Å². The summed E-state index contributed by atoms with van der Waals surface area (Å²) in [6.07, 6.45) is 1.86. The molecule has 0 spiro atoms. The first-order valence-electron chi connectivity index (χ1n) is 15.1. The zero-order valence-corrected chi connectivity index (χ0v) is 24.5. The Morgan fingerprint density at radius 3 is 1.80 bits per heavy atom. The minimum absolute atomic E-state index is 0.0973. The lowest BCUT2D eigenvalue weighted by Crippen LogP contribution is -2.41. The van der Waals surface area contributed by atoms with Gasteiger partial charge in [0.2, 0.25) is 11.8 Å². The number of rotatable bonds is 11. The number of esters is 2.